The number of halogens is 1. The summed E-state index contributed by atoms with van der Waals surface area (Å²) >= 11 is 0. The van der Waals surface area contributed by atoms with Crippen molar-refractivity contribution in [2.24, 2.45) is 0 Å². The molecule has 1 aromatic carbocycles. The zero-order chi connectivity index (χ0) is 17.8. The number of nitrogens with zero attached hydrogens (tertiary/aromatic N) is 2. The van der Waals surface area contributed by atoms with Crippen LogP contribution in [0.5, 0.6) is 5.88 Å². The maximum Gasteiger partial charge on any atom is 0.343 e. The number of anilines is 1. The van der Waals surface area contributed by atoms with Crippen LogP contribution in [0.3, 0.4) is 0 Å². The van der Waals surface area contributed by atoms with Gasteiger partial charge in [-0.05, 0) is 29.8 Å². The lowest BCUT2D eigenvalue weighted by Gasteiger charge is -2.34. The van der Waals surface area contributed by atoms with Crippen molar-refractivity contribution in [1.29, 1.82) is 0 Å². The molecule has 1 aliphatic rings. The van der Waals surface area contributed by atoms with Gasteiger partial charge in [-0.3, -0.25) is 0 Å². The van der Waals surface area contributed by atoms with Gasteiger partial charge in [-0.15, -0.1) is 0 Å². The van der Waals surface area contributed by atoms with Gasteiger partial charge in [0.15, 0.2) is 0 Å². The van der Waals surface area contributed by atoms with Crippen LogP contribution >= 0.6 is 0 Å². The zero-order valence-corrected chi connectivity index (χ0v) is 14.1. The average Bonchev–Trinajstić information content (AvgIpc) is 2.67. The second-order valence-corrected chi connectivity index (χ2v) is 5.57. The largest absolute Gasteiger partial charge is 0.480 e. The Balaban J connectivity index is 1.81. The SMILES string of the molecule is COC(=O)c1ccc(N2CCOC(c3ccc(F)cc3)C2)nc1OC. The van der Waals surface area contributed by atoms with Crippen molar-refractivity contribution in [3.8, 4) is 5.88 Å². The van der Waals surface area contributed by atoms with Crippen LogP contribution < -0.4 is 9.64 Å². The Hall–Kier alpha value is -2.67. The molecule has 1 aliphatic heterocycles. The molecule has 132 valence electrons. The van der Waals surface area contributed by atoms with Crippen LogP contribution in [0.1, 0.15) is 22.0 Å². The summed E-state index contributed by atoms with van der Waals surface area (Å²) < 4.78 is 28.8. The Labute approximate surface area is 145 Å². The van der Waals surface area contributed by atoms with Crippen molar-refractivity contribution in [2.75, 3.05) is 38.8 Å². The van der Waals surface area contributed by atoms with E-state index in [1.807, 2.05) is 4.90 Å². The van der Waals surface area contributed by atoms with E-state index in [-0.39, 0.29) is 23.4 Å². The van der Waals surface area contributed by atoms with Gasteiger partial charge in [-0.25, -0.2) is 9.18 Å². The first kappa shape index (κ1) is 17.2. The van der Waals surface area contributed by atoms with Crippen molar-refractivity contribution in [3.05, 3.63) is 53.3 Å². The topological polar surface area (TPSA) is 60.9 Å². The van der Waals surface area contributed by atoms with E-state index >= 15 is 0 Å². The highest BCUT2D eigenvalue weighted by molar-refractivity contribution is 5.92. The molecular weight excluding hydrogens is 327 g/mol. The molecule has 0 N–H and O–H groups in total. The first-order valence-corrected chi connectivity index (χ1v) is 7.87. The predicted octanol–water partition coefficient (Wildman–Crippen LogP) is 2.59. The average molecular weight is 346 g/mol. The summed E-state index contributed by atoms with van der Waals surface area (Å²) in [6.07, 6.45) is -0.178. The molecule has 1 unspecified atom stereocenters. The fourth-order valence-corrected chi connectivity index (χ4v) is 2.76. The number of hydrogen-bond acceptors (Lipinski definition) is 6. The summed E-state index contributed by atoms with van der Waals surface area (Å²) in [6.45, 7) is 1.75. The molecule has 1 fully saturated rings. The lowest BCUT2D eigenvalue weighted by molar-refractivity contribution is 0.0394. The molecule has 1 aromatic heterocycles. The summed E-state index contributed by atoms with van der Waals surface area (Å²) in [5.41, 5.74) is 1.18. The number of methoxy groups -OCH3 is 2. The normalized spacial score (nSPS) is 17.2. The monoisotopic (exact) mass is 346 g/mol. The Morgan fingerprint density at radius 2 is 2.00 bits per heavy atom. The maximum absolute atomic E-state index is 13.1. The number of aromatic nitrogens is 1. The van der Waals surface area contributed by atoms with E-state index in [4.69, 9.17) is 14.2 Å². The standard InChI is InChI=1S/C18H19FN2O4/c1-23-17-14(18(22)24-2)7-8-16(20-17)21-9-10-25-15(11-21)12-3-5-13(19)6-4-12/h3-8,15H,9-11H2,1-2H3. The van der Waals surface area contributed by atoms with Crippen molar-refractivity contribution in [1.82, 2.24) is 4.98 Å². The lowest BCUT2D eigenvalue weighted by atomic mass is 10.1. The van der Waals surface area contributed by atoms with Crippen LogP contribution in [0.2, 0.25) is 0 Å². The summed E-state index contributed by atoms with van der Waals surface area (Å²) in [7, 11) is 2.77. The molecule has 2 aromatic rings. The van der Waals surface area contributed by atoms with E-state index in [1.54, 1.807) is 24.3 Å². The number of carbonyl (C=O) groups is 1. The van der Waals surface area contributed by atoms with Crippen molar-refractivity contribution in [2.45, 2.75) is 6.10 Å². The van der Waals surface area contributed by atoms with Gasteiger partial charge in [-0.1, -0.05) is 12.1 Å². The highest BCUT2D eigenvalue weighted by Crippen LogP contribution is 2.27. The van der Waals surface area contributed by atoms with Gasteiger partial charge in [0.25, 0.3) is 0 Å². The molecule has 25 heavy (non-hydrogen) atoms. The maximum atomic E-state index is 13.1. The van der Waals surface area contributed by atoms with Gasteiger partial charge >= 0.3 is 5.97 Å². The minimum atomic E-state index is -0.498. The molecule has 0 spiro atoms. The van der Waals surface area contributed by atoms with Crippen molar-refractivity contribution < 1.29 is 23.4 Å². The molecule has 1 saturated heterocycles. The molecule has 0 saturated carbocycles. The van der Waals surface area contributed by atoms with Gasteiger partial charge in [0.1, 0.15) is 23.3 Å². The van der Waals surface area contributed by atoms with Gasteiger partial charge in [0.05, 0.1) is 20.8 Å². The highest BCUT2D eigenvalue weighted by atomic mass is 19.1. The molecule has 7 heteroatoms. The fourth-order valence-electron chi connectivity index (χ4n) is 2.76. The number of hydrogen-bond donors (Lipinski definition) is 0. The van der Waals surface area contributed by atoms with Gasteiger partial charge in [-0.2, -0.15) is 4.98 Å². The predicted molar refractivity (Wildman–Crippen MR) is 89.4 cm³/mol. The third-order valence-electron chi connectivity index (χ3n) is 4.08. The number of benzene rings is 1. The van der Waals surface area contributed by atoms with Crippen LogP contribution in [0.15, 0.2) is 36.4 Å². The molecule has 6 nitrogen and oxygen atoms in total. The van der Waals surface area contributed by atoms with Crippen LogP contribution in [-0.2, 0) is 9.47 Å². The van der Waals surface area contributed by atoms with Gasteiger partial charge < -0.3 is 19.1 Å². The molecule has 3 rings (SSSR count). The second-order valence-electron chi connectivity index (χ2n) is 5.57. The minimum Gasteiger partial charge on any atom is -0.480 e. The van der Waals surface area contributed by atoms with Crippen molar-refractivity contribution >= 4 is 11.8 Å². The van der Waals surface area contributed by atoms with Crippen LogP contribution in [0.4, 0.5) is 10.2 Å². The Bertz CT molecular complexity index is 751. The van der Waals surface area contributed by atoms with E-state index in [9.17, 15) is 9.18 Å². The summed E-state index contributed by atoms with van der Waals surface area (Å²) in [5, 5.41) is 0. The van der Waals surface area contributed by atoms with E-state index < -0.39 is 5.97 Å². The van der Waals surface area contributed by atoms with Crippen LogP contribution in [0, 0.1) is 5.82 Å². The molecule has 0 amide bonds. The van der Waals surface area contributed by atoms with E-state index in [1.165, 1.54) is 26.4 Å². The summed E-state index contributed by atoms with van der Waals surface area (Å²) in [5.74, 6) is 0.123. The van der Waals surface area contributed by atoms with Gasteiger partial charge in [0, 0.05) is 13.1 Å². The lowest BCUT2D eigenvalue weighted by Crippen LogP contribution is -2.38. The number of esters is 1. The number of ether oxygens (including phenoxy) is 3. The fraction of sp³-hybridized carbons (Fsp3) is 0.333. The molecule has 0 bridgehead atoms. The second kappa shape index (κ2) is 7.48. The van der Waals surface area contributed by atoms with E-state index in [0.29, 0.717) is 25.5 Å². The highest BCUT2D eigenvalue weighted by Gasteiger charge is 2.24. The molecule has 0 radical (unpaired) electrons. The van der Waals surface area contributed by atoms with Crippen LogP contribution in [0.25, 0.3) is 0 Å². The third kappa shape index (κ3) is 3.71. The molecule has 2 heterocycles. The smallest absolute Gasteiger partial charge is 0.343 e. The number of carbonyl (C=O) groups excluding carboxylic acids is 1. The zero-order valence-electron chi connectivity index (χ0n) is 14.1. The Morgan fingerprint density at radius 3 is 2.68 bits per heavy atom. The summed E-state index contributed by atoms with van der Waals surface area (Å²) in [6, 6.07) is 9.67. The first-order valence-electron chi connectivity index (χ1n) is 7.87. The summed E-state index contributed by atoms with van der Waals surface area (Å²) in [4.78, 5) is 18.2. The molecule has 0 aliphatic carbocycles. The molecule has 1 atom stereocenters. The minimum absolute atomic E-state index is 0.178. The van der Waals surface area contributed by atoms with E-state index in [2.05, 4.69) is 4.98 Å². The van der Waals surface area contributed by atoms with Gasteiger partial charge in [0.2, 0.25) is 5.88 Å². The number of morpholine rings is 1. The first-order chi connectivity index (χ1) is 12.1. The quantitative estimate of drug-likeness (QED) is 0.793. The number of rotatable bonds is 4. The van der Waals surface area contributed by atoms with Crippen molar-refractivity contribution in [3.63, 3.8) is 0 Å². The Morgan fingerprint density at radius 1 is 1.24 bits per heavy atom. The van der Waals surface area contributed by atoms with Crippen LogP contribution in [-0.4, -0.2) is 44.9 Å². The number of pyridine rings is 1. The third-order valence-corrected chi connectivity index (χ3v) is 4.08. The molecular formula is C18H19FN2O4. The van der Waals surface area contributed by atoms with E-state index in [0.717, 1.165) is 5.56 Å². The Kier molecular flexibility index (Phi) is 5.14.